The Balaban J connectivity index is 1.83. The second-order valence-corrected chi connectivity index (χ2v) is 5.57. The second kappa shape index (κ2) is 6.76. The third-order valence-electron chi connectivity index (χ3n) is 3.94. The van der Waals surface area contributed by atoms with Gasteiger partial charge in [0.05, 0.1) is 23.4 Å². The van der Waals surface area contributed by atoms with Gasteiger partial charge in [0.1, 0.15) is 5.82 Å². The number of amides is 1. The first kappa shape index (κ1) is 16.1. The van der Waals surface area contributed by atoms with Crippen molar-refractivity contribution in [2.75, 3.05) is 0 Å². The van der Waals surface area contributed by atoms with Crippen LogP contribution in [0, 0.1) is 12.7 Å². The molecule has 3 aromatic rings. The number of benzene rings is 2. The van der Waals surface area contributed by atoms with Gasteiger partial charge in [0, 0.05) is 18.0 Å². The van der Waals surface area contributed by atoms with Gasteiger partial charge in [-0.15, -0.1) is 0 Å². The molecule has 1 heterocycles. The molecule has 0 aliphatic carbocycles. The summed E-state index contributed by atoms with van der Waals surface area (Å²) in [5.74, 6) is -0.605. The predicted molar refractivity (Wildman–Crippen MR) is 90.0 cm³/mol. The molecule has 2 aromatic carbocycles. The number of carbonyl (C=O) groups excluding carboxylic acids is 1. The third kappa shape index (κ3) is 3.26. The minimum atomic E-state index is -0.354. The molecule has 0 atom stereocenters. The van der Waals surface area contributed by atoms with E-state index >= 15 is 0 Å². The zero-order chi connectivity index (χ0) is 17.1. The fourth-order valence-electron chi connectivity index (χ4n) is 2.62. The summed E-state index contributed by atoms with van der Waals surface area (Å²) < 4.78 is 13.3. The number of aryl methyl sites for hydroxylation is 1. The Morgan fingerprint density at radius 3 is 2.67 bits per heavy atom. The number of carbonyl (C=O) groups is 1. The number of halogens is 1. The molecule has 0 saturated heterocycles. The Kier molecular flexibility index (Phi) is 4.53. The summed E-state index contributed by atoms with van der Waals surface area (Å²) >= 11 is 0. The summed E-state index contributed by atoms with van der Waals surface area (Å²) in [5, 5.41) is 12.9. The van der Waals surface area contributed by atoms with Gasteiger partial charge in [0.25, 0.3) is 5.91 Å². The van der Waals surface area contributed by atoms with Crippen LogP contribution in [-0.4, -0.2) is 16.0 Å². The Morgan fingerprint density at radius 1 is 1.17 bits per heavy atom. The molecule has 5 heteroatoms. The summed E-state index contributed by atoms with van der Waals surface area (Å²) in [6, 6.07) is 13.4. The van der Waals surface area contributed by atoms with E-state index < -0.39 is 0 Å². The SMILES string of the molecule is Cc1nc2cc(F)ccc2cc1C(=O)NCc1ccccc1CO. The number of fused-ring (bicyclic) bond motifs is 1. The Morgan fingerprint density at radius 2 is 1.92 bits per heavy atom. The standard InChI is InChI=1S/C19H17FN2O2/c1-12-17(8-13-6-7-16(20)9-18(13)22-12)19(24)21-10-14-4-2-3-5-15(14)11-23/h2-9,23H,10-11H2,1H3,(H,21,24). The molecule has 0 saturated carbocycles. The van der Waals surface area contributed by atoms with E-state index in [0.29, 0.717) is 28.7 Å². The van der Waals surface area contributed by atoms with E-state index in [9.17, 15) is 14.3 Å². The highest BCUT2D eigenvalue weighted by Gasteiger charge is 2.12. The molecule has 0 radical (unpaired) electrons. The summed E-state index contributed by atoms with van der Waals surface area (Å²) in [7, 11) is 0. The van der Waals surface area contributed by atoms with Crippen LogP contribution in [0.4, 0.5) is 4.39 Å². The topological polar surface area (TPSA) is 62.2 Å². The molecule has 3 rings (SSSR count). The van der Waals surface area contributed by atoms with Crippen molar-refractivity contribution in [1.29, 1.82) is 0 Å². The van der Waals surface area contributed by atoms with E-state index in [0.717, 1.165) is 11.1 Å². The molecule has 1 amide bonds. The number of nitrogens with one attached hydrogen (secondary N) is 1. The fourth-order valence-corrected chi connectivity index (χ4v) is 2.62. The molecule has 4 nitrogen and oxygen atoms in total. The van der Waals surface area contributed by atoms with E-state index in [4.69, 9.17) is 0 Å². The highest BCUT2D eigenvalue weighted by atomic mass is 19.1. The maximum absolute atomic E-state index is 13.3. The third-order valence-corrected chi connectivity index (χ3v) is 3.94. The average Bonchev–Trinajstić information content (AvgIpc) is 2.59. The van der Waals surface area contributed by atoms with Gasteiger partial charge in [-0.05, 0) is 36.2 Å². The molecule has 2 N–H and O–H groups in total. The zero-order valence-corrected chi connectivity index (χ0v) is 13.2. The van der Waals surface area contributed by atoms with Crippen LogP contribution in [0.3, 0.4) is 0 Å². The van der Waals surface area contributed by atoms with Crippen molar-refractivity contribution in [3.63, 3.8) is 0 Å². The molecular weight excluding hydrogens is 307 g/mol. The van der Waals surface area contributed by atoms with Crippen LogP contribution in [0.2, 0.25) is 0 Å². The first-order chi connectivity index (χ1) is 11.6. The smallest absolute Gasteiger partial charge is 0.253 e. The van der Waals surface area contributed by atoms with Crippen molar-refractivity contribution in [2.24, 2.45) is 0 Å². The largest absolute Gasteiger partial charge is 0.392 e. The van der Waals surface area contributed by atoms with Gasteiger partial charge in [-0.1, -0.05) is 24.3 Å². The predicted octanol–water partition coefficient (Wildman–Crippen LogP) is 3.10. The number of aromatic nitrogens is 1. The van der Waals surface area contributed by atoms with E-state index in [1.54, 1.807) is 19.1 Å². The van der Waals surface area contributed by atoms with E-state index in [1.807, 2.05) is 24.3 Å². The van der Waals surface area contributed by atoms with Crippen LogP contribution in [0.5, 0.6) is 0 Å². The number of pyridine rings is 1. The lowest BCUT2D eigenvalue weighted by Gasteiger charge is -2.11. The highest BCUT2D eigenvalue weighted by Crippen LogP contribution is 2.18. The van der Waals surface area contributed by atoms with Crippen LogP contribution < -0.4 is 5.32 Å². The van der Waals surface area contributed by atoms with E-state index in [1.165, 1.54) is 12.1 Å². The summed E-state index contributed by atoms with van der Waals surface area (Å²) in [6.07, 6.45) is 0. The normalized spacial score (nSPS) is 10.8. The molecule has 0 aliphatic heterocycles. The van der Waals surface area contributed by atoms with Crippen LogP contribution >= 0.6 is 0 Å². The number of rotatable bonds is 4. The molecule has 0 fully saturated rings. The van der Waals surface area contributed by atoms with Crippen molar-refractivity contribution < 1.29 is 14.3 Å². The van der Waals surface area contributed by atoms with Gasteiger partial charge >= 0.3 is 0 Å². The molecule has 0 aliphatic rings. The van der Waals surface area contributed by atoms with Crippen molar-refractivity contribution in [2.45, 2.75) is 20.1 Å². The van der Waals surface area contributed by atoms with Crippen molar-refractivity contribution >= 4 is 16.8 Å². The number of hydrogen-bond donors (Lipinski definition) is 2. The van der Waals surface area contributed by atoms with Crippen molar-refractivity contribution in [3.05, 3.63) is 76.7 Å². The van der Waals surface area contributed by atoms with Gasteiger partial charge in [-0.3, -0.25) is 9.78 Å². The lowest BCUT2D eigenvalue weighted by molar-refractivity contribution is 0.0949. The van der Waals surface area contributed by atoms with Crippen LogP contribution in [0.25, 0.3) is 10.9 Å². The van der Waals surface area contributed by atoms with E-state index in [-0.39, 0.29) is 18.3 Å². The molecule has 24 heavy (non-hydrogen) atoms. The summed E-state index contributed by atoms with van der Waals surface area (Å²) in [6.45, 7) is 1.96. The van der Waals surface area contributed by atoms with E-state index in [2.05, 4.69) is 10.3 Å². The Bertz CT molecular complexity index is 909. The van der Waals surface area contributed by atoms with Crippen LogP contribution in [0.15, 0.2) is 48.5 Å². The fraction of sp³-hybridized carbons (Fsp3) is 0.158. The average molecular weight is 324 g/mol. The number of aliphatic hydroxyl groups excluding tert-OH is 1. The quantitative estimate of drug-likeness (QED) is 0.775. The number of hydrogen-bond acceptors (Lipinski definition) is 3. The Labute approximate surface area is 139 Å². The van der Waals surface area contributed by atoms with Gasteiger partial charge < -0.3 is 10.4 Å². The van der Waals surface area contributed by atoms with Crippen LogP contribution in [-0.2, 0) is 13.2 Å². The highest BCUT2D eigenvalue weighted by molar-refractivity contribution is 5.98. The second-order valence-electron chi connectivity index (χ2n) is 5.57. The summed E-state index contributed by atoms with van der Waals surface area (Å²) in [5.41, 5.74) is 3.16. The monoisotopic (exact) mass is 324 g/mol. The molecule has 0 spiro atoms. The minimum absolute atomic E-state index is 0.0752. The molecule has 122 valence electrons. The van der Waals surface area contributed by atoms with Crippen LogP contribution in [0.1, 0.15) is 27.2 Å². The maximum Gasteiger partial charge on any atom is 0.253 e. The number of aliphatic hydroxyl groups is 1. The lowest BCUT2D eigenvalue weighted by Crippen LogP contribution is -2.24. The number of nitrogens with zero attached hydrogens (tertiary/aromatic N) is 1. The Hall–Kier alpha value is -2.79. The summed E-state index contributed by atoms with van der Waals surface area (Å²) in [4.78, 5) is 16.8. The molecule has 1 aromatic heterocycles. The first-order valence-corrected chi connectivity index (χ1v) is 7.61. The first-order valence-electron chi connectivity index (χ1n) is 7.61. The lowest BCUT2D eigenvalue weighted by atomic mass is 10.1. The zero-order valence-electron chi connectivity index (χ0n) is 13.2. The van der Waals surface area contributed by atoms with Gasteiger partial charge in [-0.2, -0.15) is 0 Å². The van der Waals surface area contributed by atoms with Crippen molar-refractivity contribution in [3.8, 4) is 0 Å². The van der Waals surface area contributed by atoms with Gasteiger partial charge in [0.2, 0.25) is 0 Å². The van der Waals surface area contributed by atoms with Gasteiger partial charge in [-0.25, -0.2) is 4.39 Å². The minimum Gasteiger partial charge on any atom is -0.392 e. The van der Waals surface area contributed by atoms with Crippen molar-refractivity contribution in [1.82, 2.24) is 10.3 Å². The maximum atomic E-state index is 13.3. The molecular formula is C19H17FN2O2. The van der Waals surface area contributed by atoms with Gasteiger partial charge in [0.15, 0.2) is 0 Å². The molecule has 0 unspecified atom stereocenters. The molecule has 0 bridgehead atoms.